The molecule has 0 aliphatic carbocycles. The number of thiophene rings is 1. The first-order valence-corrected chi connectivity index (χ1v) is 5.20. The third-order valence-corrected chi connectivity index (χ3v) is 2.77. The molecule has 0 N–H and O–H groups in total. The van der Waals surface area contributed by atoms with Gasteiger partial charge in [0.05, 0.1) is 12.6 Å². The van der Waals surface area contributed by atoms with Gasteiger partial charge in [-0.05, 0) is 18.4 Å². The predicted octanol–water partition coefficient (Wildman–Crippen LogP) is 1.87. The maximum Gasteiger partial charge on any atom is 0.239 e. The summed E-state index contributed by atoms with van der Waals surface area (Å²) < 4.78 is 0. The van der Waals surface area contributed by atoms with Gasteiger partial charge in [-0.25, -0.2) is 0 Å². The molecule has 0 aromatic carbocycles. The van der Waals surface area contributed by atoms with Crippen LogP contribution in [-0.4, -0.2) is 17.9 Å². The Morgan fingerprint density at radius 3 is 3.00 bits per heavy atom. The summed E-state index contributed by atoms with van der Waals surface area (Å²) in [6.45, 7) is 2.20. The predicted molar refractivity (Wildman–Crippen MR) is 55.6 cm³/mol. The van der Waals surface area contributed by atoms with E-state index in [9.17, 15) is 4.79 Å². The summed E-state index contributed by atoms with van der Waals surface area (Å²) in [5, 5.41) is 10.6. The zero-order valence-corrected chi connectivity index (χ0v) is 9.04. The number of carbonyl (C=O) groups excluding carboxylic acids is 1. The van der Waals surface area contributed by atoms with E-state index in [4.69, 9.17) is 5.26 Å². The van der Waals surface area contributed by atoms with Crippen LogP contribution in [0.15, 0.2) is 17.5 Å². The molecule has 0 aliphatic heterocycles. The van der Waals surface area contributed by atoms with Crippen molar-refractivity contribution in [3.05, 3.63) is 22.4 Å². The second kappa shape index (κ2) is 4.77. The highest BCUT2D eigenvalue weighted by Gasteiger charge is 2.16. The number of hydrogen-bond donors (Lipinski definition) is 0. The van der Waals surface area contributed by atoms with Gasteiger partial charge in [-0.15, -0.1) is 11.3 Å². The van der Waals surface area contributed by atoms with Gasteiger partial charge in [-0.2, -0.15) is 5.26 Å². The van der Waals surface area contributed by atoms with Crippen LogP contribution in [0.3, 0.4) is 0 Å². The average Bonchev–Trinajstić information content (AvgIpc) is 2.68. The lowest BCUT2D eigenvalue weighted by Crippen LogP contribution is -2.30. The van der Waals surface area contributed by atoms with E-state index in [2.05, 4.69) is 0 Å². The largest absolute Gasteiger partial charge is 0.339 e. The fourth-order valence-corrected chi connectivity index (χ4v) is 1.86. The third-order valence-electron chi connectivity index (χ3n) is 1.91. The minimum Gasteiger partial charge on any atom is -0.339 e. The highest BCUT2D eigenvalue weighted by molar-refractivity contribution is 7.09. The molecule has 1 rings (SSSR count). The quantitative estimate of drug-likeness (QED) is 0.761. The molecule has 1 aromatic heterocycles. The zero-order chi connectivity index (χ0) is 10.6. The average molecular weight is 208 g/mol. The lowest BCUT2D eigenvalue weighted by atomic mass is 10.2. The molecule has 1 heterocycles. The molecule has 1 atom stereocenters. The van der Waals surface area contributed by atoms with E-state index >= 15 is 0 Å². The van der Waals surface area contributed by atoms with E-state index in [1.165, 1.54) is 0 Å². The van der Waals surface area contributed by atoms with Crippen molar-refractivity contribution in [2.45, 2.75) is 13.5 Å². The smallest absolute Gasteiger partial charge is 0.239 e. The summed E-state index contributed by atoms with van der Waals surface area (Å²) in [5.74, 6) is -0.680. The molecule has 3 nitrogen and oxygen atoms in total. The second-order valence-corrected chi connectivity index (χ2v) is 4.16. The van der Waals surface area contributed by atoms with Gasteiger partial charge in [0.25, 0.3) is 0 Å². The molecule has 0 bridgehead atoms. The molecular weight excluding hydrogens is 196 g/mol. The molecule has 0 saturated heterocycles. The van der Waals surface area contributed by atoms with Gasteiger partial charge in [0, 0.05) is 11.9 Å². The Morgan fingerprint density at radius 1 is 1.79 bits per heavy atom. The highest BCUT2D eigenvalue weighted by Crippen LogP contribution is 2.12. The molecule has 74 valence electrons. The van der Waals surface area contributed by atoms with Crippen molar-refractivity contribution in [2.75, 3.05) is 7.05 Å². The Morgan fingerprint density at radius 2 is 2.50 bits per heavy atom. The SMILES string of the molecule is CC(C#N)C(=O)N(C)Cc1cccs1. The number of rotatable bonds is 3. The van der Waals surface area contributed by atoms with Gasteiger partial charge in [0.2, 0.25) is 5.91 Å². The Kier molecular flexibility index (Phi) is 3.66. The van der Waals surface area contributed by atoms with E-state index in [0.717, 1.165) is 4.88 Å². The monoisotopic (exact) mass is 208 g/mol. The van der Waals surface area contributed by atoms with Gasteiger partial charge in [0.15, 0.2) is 0 Å². The molecule has 0 saturated carbocycles. The standard InChI is InChI=1S/C10H12N2OS/c1-8(6-11)10(13)12(2)7-9-4-3-5-14-9/h3-5,8H,7H2,1-2H3. The molecular formula is C10H12N2OS. The molecule has 1 unspecified atom stereocenters. The molecule has 0 spiro atoms. The number of nitrogens with zero attached hydrogens (tertiary/aromatic N) is 2. The van der Waals surface area contributed by atoms with E-state index in [-0.39, 0.29) is 5.91 Å². The maximum atomic E-state index is 11.5. The van der Waals surface area contributed by atoms with E-state index in [0.29, 0.717) is 6.54 Å². The van der Waals surface area contributed by atoms with Gasteiger partial charge in [0.1, 0.15) is 5.92 Å². The summed E-state index contributed by atoms with van der Waals surface area (Å²) in [5.41, 5.74) is 0. The molecule has 1 amide bonds. The molecule has 0 fully saturated rings. The van der Waals surface area contributed by atoms with Gasteiger partial charge in [-0.3, -0.25) is 4.79 Å². The van der Waals surface area contributed by atoms with Crippen molar-refractivity contribution in [3.63, 3.8) is 0 Å². The van der Waals surface area contributed by atoms with Crippen LogP contribution in [0.1, 0.15) is 11.8 Å². The lowest BCUT2D eigenvalue weighted by Gasteiger charge is -2.17. The van der Waals surface area contributed by atoms with Crippen LogP contribution in [-0.2, 0) is 11.3 Å². The number of hydrogen-bond acceptors (Lipinski definition) is 3. The summed E-state index contributed by atoms with van der Waals surface area (Å²) >= 11 is 1.61. The summed E-state index contributed by atoms with van der Waals surface area (Å²) in [4.78, 5) is 14.2. The molecule has 0 radical (unpaired) electrons. The normalized spacial score (nSPS) is 11.8. The second-order valence-electron chi connectivity index (χ2n) is 3.12. The zero-order valence-electron chi connectivity index (χ0n) is 8.23. The number of amides is 1. The summed E-state index contributed by atoms with van der Waals surface area (Å²) in [7, 11) is 1.72. The summed E-state index contributed by atoms with van der Waals surface area (Å²) in [6, 6.07) is 5.87. The first-order chi connectivity index (χ1) is 6.65. The van der Waals surface area contributed by atoms with Gasteiger partial charge < -0.3 is 4.90 Å². The third kappa shape index (κ3) is 2.57. The van der Waals surface area contributed by atoms with E-state index < -0.39 is 5.92 Å². The number of nitriles is 1. The van der Waals surface area contributed by atoms with Crippen molar-refractivity contribution >= 4 is 17.2 Å². The Labute approximate surface area is 87.6 Å². The van der Waals surface area contributed by atoms with Crippen LogP contribution in [0.25, 0.3) is 0 Å². The first kappa shape index (κ1) is 10.7. The van der Waals surface area contributed by atoms with Crippen LogP contribution in [0, 0.1) is 17.2 Å². The van der Waals surface area contributed by atoms with Crippen LogP contribution >= 0.6 is 11.3 Å². The Balaban J connectivity index is 2.55. The Hall–Kier alpha value is -1.34. The van der Waals surface area contributed by atoms with Crippen molar-refractivity contribution in [1.82, 2.24) is 4.90 Å². The fraction of sp³-hybridized carbons (Fsp3) is 0.400. The van der Waals surface area contributed by atoms with Crippen molar-refractivity contribution in [2.24, 2.45) is 5.92 Å². The van der Waals surface area contributed by atoms with E-state index in [1.807, 2.05) is 23.6 Å². The Bertz CT molecular complexity index is 340. The minimum atomic E-state index is -0.556. The van der Waals surface area contributed by atoms with Gasteiger partial charge >= 0.3 is 0 Å². The van der Waals surface area contributed by atoms with Crippen molar-refractivity contribution in [1.29, 1.82) is 5.26 Å². The van der Waals surface area contributed by atoms with E-state index in [1.54, 1.807) is 30.2 Å². The number of carbonyl (C=O) groups is 1. The van der Waals surface area contributed by atoms with Crippen LogP contribution < -0.4 is 0 Å². The van der Waals surface area contributed by atoms with Crippen LogP contribution in [0.4, 0.5) is 0 Å². The molecule has 4 heteroatoms. The van der Waals surface area contributed by atoms with Crippen molar-refractivity contribution in [3.8, 4) is 6.07 Å². The maximum absolute atomic E-state index is 11.5. The van der Waals surface area contributed by atoms with Crippen LogP contribution in [0.2, 0.25) is 0 Å². The highest BCUT2D eigenvalue weighted by atomic mass is 32.1. The first-order valence-electron chi connectivity index (χ1n) is 4.32. The van der Waals surface area contributed by atoms with Crippen molar-refractivity contribution < 1.29 is 4.79 Å². The van der Waals surface area contributed by atoms with Crippen LogP contribution in [0.5, 0.6) is 0 Å². The topological polar surface area (TPSA) is 44.1 Å². The molecule has 1 aromatic rings. The molecule has 0 aliphatic rings. The fourth-order valence-electron chi connectivity index (χ4n) is 1.10. The van der Waals surface area contributed by atoms with Gasteiger partial charge in [-0.1, -0.05) is 6.07 Å². The minimum absolute atomic E-state index is 0.124. The molecule has 14 heavy (non-hydrogen) atoms. The lowest BCUT2D eigenvalue weighted by molar-refractivity contribution is -0.132. The summed E-state index contributed by atoms with van der Waals surface area (Å²) in [6.07, 6.45) is 0.